The van der Waals surface area contributed by atoms with E-state index in [1.165, 1.54) is 18.8 Å². The number of methoxy groups -OCH3 is 2. The molecule has 0 radical (unpaired) electrons. The highest BCUT2D eigenvalue weighted by Gasteiger charge is 2.23. The van der Waals surface area contributed by atoms with Crippen LogP contribution in [0.25, 0.3) is 22.2 Å². The van der Waals surface area contributed by atoms with Gasteiger partial charge in [-0.2, -0.15) is 0 Å². The van der Waals surface area contributed by atoms with E-state index >= 15 is 0 Å². The summed E-state index contributed by atoms with van der Waals surface area (Å²) < 4.78 is 11.6. The number of carbonyl (C=O) groups is 1. The Morgan fingerprint density at radius 1 is 1.23 bits per heavy atom. The smallest absolute Gasteiger partial charge is 0.342 e. The lowest BCUT2D eigenvalue weighted by Gasteiger charge is -2.16. The van der Waals surface area contributed by atoms with Gasteiger partial charge in [-0.25, -0.2) is 9.78 Å². The Bertz CT molecular complexity index is 1030. The van der Waals surface area contributed by atoms with Gasteiger partial charge in [0.2, 0.25) is 0 Å². The fraction of sp³-hybridized carbons (Fsp3) is 0.211. The predicted molar refractivity (Wildman–Crippen MR) is 96.8 cm³/mol. The van der Waals surface area contributed by atoms with E-state index in [1.54, 1.807) is 42.6 Å². The van der Waals surface area contributed by atoms with Gasteiger partial charge >= 0.3 is 5.97 Å². The highest BCUT2D eigenvalue weighted by Crippen LogP contribution is 2.31. The molecule has 3 rings (SSSR count). The third-order valence-corrected chi connectivity index (χ3v) is 4.11. The summed E-state index contributed by atoms with van der Waals surface area (Å²) in [5, 5.41) is 10.3. The third-order valence-electron chi connectivity index (χ3n) is 4.11. The van der Waals surface area contributed by atoms with Gasteiger partial charge in [0.1, 0.15) is 17.0 Å². The van der Waals surface area contributed by atoms with Crippen LogP contribution < -0.4 is 10.3 Å². The summed E-state index contributed by atoms with van der Waals surface area (Å²) in [5.74, 6) is -0.718. The molecule has 2 aromatic heterocycles. The third kappa shape index (κ3) is 3.04. The molecule has 0 atom stereocenters. The molecule has 1 N–H and O–H groups in total. The fourth-order valence-electron chi connectivity index (χ4n) is 2.95. The molecule has 0 fully saturated rings. The quantitative estimate of drug-likeness (QED) is 0.731. The van der Waals surface area contributed by atoms with Gasteiger partial charge in [-0.3, -0.25) is 9.36 Å². The number of ether oxygens (including phenoxy) is 2. The van der Waals surface area contributed by atoms with Crippen molar-refractivity contribution in [1.29, 1.82) is 0 Å². The van der Waals surface area contributed by atoms with Crippen LogP contribution in [0, 0.1) is 0 Å². The molecule has 0 amide bonds. The first-order valence-corrected chi connectivity index (χ1v) is 7.96. The molecule has 0 spiro atoms. The van der Waals surface area contributed by atoms with Crippen LogP contribution in [-0.2, 0) is 11.3 Å². The zero-order chi connectivity index (χ0) is 18.7. The van der Waals surface area contributed by atoms with Crippen LogP contribution in [0.15, 0.2) is 47.4 Å². The normalized spacial score (nSPS) is 10.8. The zero-order valence-electron chi connectivity index (χ0n) is 14.4. The summed E-state index contributed by atoms with van der Waals surface area (Å²) in [6.07, 6.45) is 1.57. The number of hydrogen-bond donors (Lipinski definition) is 1. The number of benzene rings is 1. The summed E-state index contributed by atoms with van der Waals surface area (Å²) >= 11 is 0. The molecule has 0 bridgehead atoms. The Morgan fingerprint density at radius 2 is 2.04 bits per heavy atom. The standard InChI is InChI=1S/C19H18N2O5/c1-25-10-9-21-17-14(7-4-8-20-17)15(16(18(21)22)19(23)24)12-5-3-6-13(11-12)26-2/h3-8,11H,9-10H2,1-2H3,(H,23,24). The van der Waals surface area contributed by atoms with Crippen molar-refractivity contribution in [2.24, 2.45) is 0 Å². The highest BCUT2D eigenvalue weighted by molar-refractivity contribution is 6.05. The summed E-state index contributed by atoms with van der Waals surface area (Å²) in [7, 11) is 3.04. The molecule has 0 unspecified atom stereocenters. The molecule has 3 aromatic rings. The first kappa shape index (κ1) is 17.6. The average Bonchev–Trinajstić information content (AvgIpc) is 2.66. The molecule has 26 heavy (non-hydrogen) atoms. The number of rotatable bonds is 6. The first-order valence-electron chi connectivity index (χ1n) is 7.96. The summed E-state index contributed by atoms with van der Waals surface area (Å²) in [6, 6.07) is 10.4. The van der Waals surface area contributed by atoms with Crippen molar-refractivity contribution < 1.29 is 19.4 Å². The Labute approximate surface area is 149 Å². The van der Waals surface area contributed by atoms with Crippen LogP contribution in [-0.4, -0.2) is 41.5 Å². The van der Waals surface area contributed by atoms with Crippen LogP contribution >= 0.6 is 0 Å². The number of aromatic nitrogens is 2. The summed E-state index contributed by atoms with van der Waals surface area (Å²) in [6.45, 7) is 0.477. The summed E-state index contributed by atoms with van der Waals surface area (Å²) in [5.41, 5.74) is 0.416. The van der Waals surface area contributed by atoms with E-state index in [0.29, 0.717) is 27.9 Å². The summed E-state index contributed by atoms with van der Waals surface area (Å²) in [4.78, 5) is 29.2. The van der Waals surface area contributed by atoms with E-state index in [2.05, 4.69) is 4.98 Å². The molecular formula is C19H18N2O5. The van der Waals surface area contributed by atoms with Crippen molar-refractivity contribution >= 4 is 17.0 Å². The minimum atomic E-state index is -1.29. The zero-order valence-corrected chi connectivity index (χ0v) is 14.4. The lowest BCUT2D eigenvalue weighted by atomic mass is 9.97. The van der Waals surface area contributed by atoms with Gasteiger partial charge < -0.3 is 14.6 Å². The van der Waals surface area contributed by atoms with E-state index in [1.807, 2.05) is 0 Å². The number of pyridine rings is 2. The van der Waals surface area contributed by atoms with Crippen molar-refractivity contribution in [1.82, 2.24) is 9.55 Å². The van der Waals surface area contributed by atoms with Crippen molar-refractivity contribution in [3.05, 3.63) is 58.5 Å². The van der Waals surface area contributed by atoms with E-state index in [-0.39, 0.29) is 18.7 Å². The second kappa shape index (κ2) is 7.37. The van der Waals surface area contributed by atoms with Crippen molar-refractivity contribution in [3.8, 4) is 16.9 Å². The lowest BCUT2D eigenvalue weighted by molar-refractivity contribution is 0.0695. The molecule has 7 heteroatoms. The van der Waals surface area contributed by atoms with Gasteiger partial charge in [0.05, 0.1) is 20.3 Å². The number of fused-ring (bicyclic) bond motifs is 1. The topological polar surface area (TPSA) is 90.7 Å². The molecule has 0 aliphatic rings. The van der Waals surface area contributed by atoms with Crippen LogP contribution in [0.5, 0.6) is 5.75 Å². The highest BCUT2D eigenvalue weighted by atomic mass is 16.5. The first-order chi connectivity index (χ1) is 12.6. The largest absolute Gasteiger partial charge is 0.497 e. The Hall–Kier alpha value is -3.19. The van der Waals surface area contributed by atoms with Crippen LogP contribution in [0.2, 0.25) is 0 Å². The minimum absolute atomic E-state index is 0.210. The van der Waals surface area contributed by atoms with Crippen molar-refractivity contribution in [2.45, 2.75) is 6.54 Å². The molecule has 0 saturated heterocycles. The molecule has 1 aromatic carbocycles. The van der Waals surface area contributed by atoms with Crippen LogP contribution in [0.4, 0.5) is 0 Å². The van der Waals surface area contributed by atoms with Gasteiger partial charge in [0, 0.05) is 24.3 Å². The lowest BCUT2D eigenvalue weighted by Crippen LogP contribution is -2.29. The van der Waals surface area contributed by atoms with Gasteiger partial charge in [-0.15, -0.1) is 0 Å². The van der Waals surface area contributed by atoms with E-state index in [9.17, 15) is 14.7 Å². The number of aromatic carboxylic acids is 1. The molecular weight excluding hydrogens is 336 g/mol. The average molecular weight is 354 g/mol. The number of nitrogens with zero attached hydrogens (tertiary/aromatic N) is 2. The van der Waals surface area contributed by atoms with E-state index in [4.69, 9.17) is 9.47 Å². The molecule has 134 valence electrons. The van der Waals surface area contributed by atoms with Gasteiger partial charge in [0.15, 0.2) is 0 Å². The van der Waals surface area contributed by atoms with Crippen molar-refractivity contribution in [2.75, 3.05) is 20.8 Å². The molecule has 0 aliphatic carbocycles. The fourth-order valence-corrected chi connectivity index (χ4v) is 2.95. The van der Waals surface area contributed by atoms with Gasteiger partial charge in [-0.05, 0) is 29.8 Å². The maximum absolute atomic E-state index is 12.9. The van der Waals surface area contributed by atoms with Gasteiger partial charge in [0.25, 0.3) is 5.56 Å². The Kier molecular flexibility index (Phi) is 4.99. The monoisotopic (exact) mass is 354 g/mol. The maximum atomic E-state index is 12.9. The van der Waals surface area contributed by atoms with Crippen LogP contribution in [0.3, 0.4) is 0 Å². The van der Waals surface area contributed by atoms with Crippen LogP contribution in [0.1, 0.15) is 10.4 Å². The minimum Gasteiger partial charge on any atom is -0.497 e. The van der Waals surface area contributed by atoms with E-state index in [0.717, 1.165) is 0 Å². The van der Waals surface area contributed by atoms with Gasteiger partial charge in [-0.1, -0.05) is 12.1 Å². The Balaban J connectivity index is 2.43. The number of hydrogen-bond acceptors (Lipinski definition) is 5. The second-order valence-electron chi connectivity index (χ2n) is 5.61. The number of carboxylic acids is 1. The molecule has 7 nitrogen and oxygen atoms in total. The molecule has 0 aliphatic heterocycles. The van der Waals surface area contributed by atoms with E-state index < -0.39 is 11.5 Å². The number of carboxylic acid groups (broad SMARTS) is 1. The SMILES string of the molecule is COCCn1c(=O)c(C(=O)O)c(-c2cccc(OC)c2)c2cccnc21. The second-order valence-corrected chi connectivity index (χ2v) is 5.61. The Morgan fingerprint density at radius 3 is 2.73 bits per heavy atom. The van der Waals surface area contributed by atoms with Crippen molar-refractivity contribution in [3.63, 3.8) is 0 Å². The molecule has 2 heterocycles. The predicted octanol–water partition coefficient (Wildman–Crippen LogP) is 2.42. The maximum Gasteiger partial charge on any atom is 0.342 e. The molecule has 0 saturated carbocycles.